The van der Waals surface area contributed by atoms with E-state index >= 15 is 0 Å². The van der Waals surface area contributed by atoms with E-state index in [2.05, 4.69) is 4.90 Å². The second-order valence-corrected chi connectivity index (χ2v) is 8.83. The van der Waals surface area contributed by atoms with Crippen molar-refractivity contribution in [3.8, 4) is 0 Å². The molecule has 0 unspecified atom stereocenters. The standard InChI is InChI=1S/C20H23FN2O4S/c1-22(28(2,24)25)13-19-9-10-20(27-19)15-23(14-18-4-3-11-26-18)12-16-5-7-17(21)8-6-16/h3-11H,12-15H2,1-2H3. The molecule has 0 bridgehead atoms. The van der Waals surface area contributed by atoms with E-state index in [1.54, 1.807) is 24.5 Å². The first-order chi connectivity index (χ1) is 13.3. The van der Waals surface area contributed by atoms with Crippen molar-refractivity contribution in [2.24, 2.45) is 0 Å². The van der Waals surface area contributed by atoms with Crippen LogP contribution < -0.4 is 0 Å². The monoisotopic (exact) mass is 406 g/mol. The summed E-state index contributed by atoms with van der Waals surface area (Å²) in [6.07, 6.45) is 2.78. The fraction of sp³-hybridized carbons (Fsp3) is 0.300. The lowest BCUT2D eigenvalue weighted by Crippen LogP contribution is -2.24. The lowest BCUT2D eigenvalue weighted by Gasteiger charge is -2.20. The summed E-state index contributed by atoms with van der Waals surface area (Å²) in [5.41, 5.74) is 0.969. The third kappa shape index (κ3) is 5.79. The van der Waals surface area contributed by atoms with E-state index in [0.717, 1.165) is 17.6 Å². The second-order valence-electron chi connectivity index (χ2n) is 6.74. The van der Waals surface area contributed by atoms with Crippen molar-refractivity contribution in [1.29, 1.82) is 0 Å². The predicted molar refractivity (Wildman–Crippen MR) is 103 cm³/mol. The Hall–Kier alpha value is -2.42. The van der Waals surface area contributed by atoms with Crippen LogP contribution in [0.4, 0.5) is 4.39 Å². The Morgan fingerprint density at radius 3 is 2.14 bits per heavy atom. The average Bonchev–Trinajstić information content (AvgIpc) is 3.28. The molecular formula is C20H23FN2O4S. The van der Waals surface area contributed by atoms with Crippen molar-refractivity contribution in [1.82, 2.24) is 9.21 Å². The SMILES string of the molecule is CN(Cc1ccc(CN(Cc2ccc(F)cc2)Cc2ccco2)o1)S(C)(=O)=O. The Labute approximate surface area is 164 Å². The van der Waals surface area contributed by atoms with Gasteiger partial charge in [-0.05, 0) is 42.0 Å². The molecule has 28 heavy (non-hydrogen) atoms. The molecule has 0 fully saturated rings. The van der Waals surface area contributed by atoms with Gasteiger partial charge in [0.1, 0.15) is 23.1 Å². The topological polar surface area (TPSA) is 66.9 Å². The van der Waals surface area contributed by atoms with E-state index in [-0.39, 0.29) is 12.4 Å². The van der Waals surface area contributed by atoms with Crippen LogP contribution in [0.3, 0.4) is 0 Å². The molecule has 0 aliphatic rings. The molecule has 0 spiro atoms. The molecule has 2 heterocycles. The van der Waals surface area contributed by atoms with Gasteiger partial charge in [-0.1, -0.05) is 12.1 Å². The van der Waals surface area contributed by atoms with Crippen molar-refractivity contribution < 1.29 is 21.6 Å². The van der Waals surface area contributed by atoms with Gasteiger partial charge in [0, 0.05) is 13.6 Å². The van der Waals surface area contributed by atoms with Gasteiger partial charge in [0.15, 0.2) is 0 Å². The Morgan fingerprint density at radius 1 is 0.893 bits per heavy atom. The van der Waals surface area contributed by atoms with E-state index < -0.39 is 10.0 Å². The molecule has 8 heteroatoms. The highest BCUT2D eigenvalue weighted by Crippen LogP contribution is 2.18. The zero-order valence-corrected chi connectivity index (χ0v) is 16.7. The molecule has 0 N–H and O–H groups in total. The number of benzene rings is 1. The van der Waals surface area contributed by atoms with Crippen LogP contribution in [0.25, 0.3) is 0 Å². The summed E-state index contributed by atoms with van der Waals surface area (Å²) < 4.78 is 48.8. The Balaban J connectivity index is 1.71. The molecule has 0 atom stereocenters. The highest BCUT2D eigenvalue weighted by molar-refractivity contribution is 7.88. The number of rotatable bonds is 9. The maximum Gasteiger partial charge on any atom is 0.211 e. The molecule has 150 valence electrons. The lowest BCUT2D eigenvalue weighted by atomic mass is 10.2. The largest absolute Gasteiger partial charge is 0.468 e. The fourth-order valence-electron chi connectivity index (χ4n) is 2.79. The normalized spacial score (nSPS) is 12.2. The van der Waals surface area contributed by atoms with Crippen LogP contribution in [0.2, 0.25) is 0 Å². The first-order valence-electron chi connectivity index (χ1n) is 8.77. The maximum atomic E-state index is 13.2. The zero-order valence-electron chi connectivity index (χ0n) is 15.8. The van der Waals surface area contributed by atoms with Gasteiger partial charge in [0.05, 0.1) is 32.2 Å². The second kappa shape index (κ2) is 8.72. The van der Waals surface area contributed by atoms with Crippen LogP contribution in [0, 0.1) is 5.82 Å². The summed E-state index contributed by atoms with van der Waals surface area (Å²) in [5, 5.41) is 0. The minimum Gasteiger partial charge on any atom is -0.468 e. The smallest absolute Gasteiger partial charge is 0.211 e. The molecular weight excluding hydrogens is 383 g/mol. The highest BCUT2D eigenvalue weighted by Gasteiger charge is 2.16. The van der Waals surface area contributed by atoms with E-state index in [1.165, 1.54) is 23.5 Å². The van der Waals surface area contributed by atoms with E-state index in [1.807, 2.05) is 18.2 Å². The number of nitrogens with zero attached hydrogens (tertiary/aromatic N) is 2. The van der Waals surface area contributed by atoms with Crippen molar-refractivity contribution in [2.75, 3.05) is 13.3 Å². The molecule has 0 aliphatic carbocycles. The molecule has 1 aromatic carbocycles. The molecule has 2 aromatic heterocycles. The number of halogens is 1. The molecule has 0 aliphatic heterocycles. The first-order valence-corrected chi connectivity index (χ1v) is 10.6. The number of sulfonamides is 1. The van der Waals surface area contributed by atoms with E-state index in [4.69, 9.17) is 8.83 Å². The molecule has 0 saturated heterocycles. The van der Waals surface area contributed by atoms with Gasteiger partial charge in [-0.15, -0.1) is 0 Å². The average molecular weight is 406 g/mol. The van der Waals surface area contributed by atoms with E-state index in [0.29, 0.717) is 31.2 Å². The van der Waals surface area contributed by atoms with E-state index in [9.17, 15) is 12.8 Å². The van der Waals surface area contributed by atoms with Gasteiger partial charge in [-0.25, -0.2) is 12.8 Å². The Morgan fingerprint density at radius 2 is 1.54 bits per heavy atom. The van der Waals surface area contributed by atoms with Crippen LogP contribution in [-0.2, 0) is 36.2 Å². The van der Waals surface area contributed by atoms with Crippen LogP contribution in [0.1, 0.15) is 22.8 Å². The first kappa shape index (κ1) is 20.3. The summed E-state index contributed by atoms with van der Waals surface area (Å²) >= 11 is 0. The molecule has 3 rings (SSSR count). The fourth-order valence-corrected chi connectivity index (χ4v) is 3.15. The minimum absolute atomic E-state index is 0.176. The summed E-state index contributed by atoms with van der Waals surface area (Å²) in [4.78, 5) is 2.11. The van der Waals surface area contributed by atoms with Crippen LogP contribution >= 0.6 is 0 Å². The quantitative estimate of drug-likeness (QED) is 0.543. The Kier molecular flexibility index (Phi) is 6.33. The van der Waals surface area contributed by atoms with Crippen molar-refractivity contribution in [3.05, 3.63) is 83.5 Å². The molecule has 3 aromatic rings. The van der Waals surface area contributed by atoms with Crippen molar-refractivity contribution in [2.45, 2.75) is 26.2 Å². The van der Waals surface area contributed by atoms with Gasteiger partial charge in [-0.3, -0.25) is 4.90 Å². The van der Waals surface area contributed by atoms with Gasteiger partial charge in [0.25, 0.3) is 0 Å². The number of furan rings is 2. The summed E-state index contributed by atoms with van der Waals surface area (Å²) in [7, 11) is -1.76. The lowest BCUT2D eigenvalue weighted by molar-refractivity contribution is 0.206. The van der Waals surface area contributed by atoms with Gasteiger partial charge in [-0.2, -0.15) is 4.31 Å². The Bertz CT molecular complexity index is 982. The summed E-state index contributed by atoms with van der Waals surface area (Å²) in [6.45, 7) is 1.82. The van der Waals surface area contributed by atoms with Crippen molar-refractivity contribution >= 4 is 10.0 Å². The van der Waals surface area contributed by atoms with Crippen LogP contribution in [-0.4, -0.2) is 30.9 Å². The van der Waals surface area contributed by atoms with Crippen molar-refractivity contribution in [3.63, 3.8) is 0 Å². The van der Waals surface area contributed by atoms with Gasteiger partial charge < -0.3 is 8.83 Å². The number of hydrogen-bond donors (Lipinski definition) is 0. The zero-order chi connectivity index (χ0) is 20.1. The highest BCUT2D eigenvalue weighted by atomic mass is 32.2. The third-order valence-electron chi connectivity index (χ3n) is 4.32. The number of hydrogen-bond acceptors (Lipinski definition) is 5. The predicted octanol–water partition coefficient (Wildman–Crippen LogP) is 3.61. The molecule has 0 saturated carbocycles. The summed E-state index contributed by atoms with van der Waals surface area (Å²) in [6, 6.07) is 13.7. The molecule has 6 nitrogen and oxygen atoms in total. The van der Waals surface area contributed by atoms with Gasteiger partial charge >= 0.3 is 0 Å². The maximum absolute atomic E-state index is 13.2. The van der Waals surface area contributed by atoms with Gasteiger partial charge in [0.2, 0.25) is 10.0 Å². The van der Waals surface area contributed by atoms with Crippen LogP contribution in [0.5, 0.6) is 0 Å². The summed E-state index contributed by atoms with van der Waals surface area (Å²) in [5.74, 6) is 1.82. The molecule has 0 amide bonds. The van der Waals surface area contributed by atoms with Crippen LogP contribution in [0.15, 0.2) is 63.6 Å². The minimum atomic E-state index is -3.27. The molecule has 0 radical (unpaired) electrons. The third-order valence-corrected chi connectivity index (χ3v) is 5.58.